The molecule has 2 atom stereocenters. The van der Waals surface area contributed by atoms with Crippen LogP contribution in [0.15, 0.2) is 58.5 Å². The average molecular weight is 943 g/mol. The van der Waals surface area contributed by atoms with E-state index in [0.29, 0.717) is 54.5 Å². The molecule has 0 radical (unpaired) electrons. The van der Waals surface area contributed by atoms with Crippen molar-refractivity contribution >= 4 is 75.0 Å². The van der Waals surface area contributed by atoms with Crippen molar-refractivity contribution in [2.45, 2.75) is 59.5 Å². The third kappa shape index (κ3) is 9.03. The molecule has 0 saturated heterocycles. The molecule has 20 heteroatoms. The first-order valence-corrected chi connectivity index (χ1v) is 23.0. The van der Waals surface area contributed by atoms with Gasteiger partial charge >= 0.3 is 0 Å². The molecule has 64 heavy (non-hydrogen) atoms. The van der Waals surface area contributed by atoms with Crippen LogP contribution in [0.25, 0.3) is 10.0 Å². The normalized spacial score (nSPS) is 15.2. The molecule has 0 bridgehead atoms. The predicted molar refractivity (Wildman–Crippen MR) is 247 cm³/mol. The quantitative estimate of drug-likeness (QED) is 0.0884. The van der Waals surface area contributed by atoms with Crippen LogP contribution in [0.5, 0.6) is 0 Å². The van der Waals surface area contributed by atoms with Crippen molar-refractivity contribution in [1.82, 2.24) is 45.5 Å². The Morgan fingerprint density at radius 3 is 1.64 bits per heavy atom. The molecule has 3 amide bonds. The maximum atomic E-state index is 13.8. The molecule has 2 aliphatic rings. The number of aromatic nitrogens is 6. The number of halogens is 2. The number of amides is 3. The van der Waals surface area contributed by atoms with Crippen LogP contribution in [0.1, 0.15) is 96.2 Å². The van der Waals surface area contributed by atoms with Crippen molar-refractivity contribution in [3.63, 3.8) is 0 Å². The second kappa shape index (κ2) is 19.2. The highest BCUT2D eigenvalue weighted by Gasteiger charge is 2.35. The van der Waals surface area contributed by atoms with Crippen LogP contribution in [0.4, 0.5) is 0 Å². The van der Waals surface area contributed by atoms with Gasteiger partial charge in [-0.3, -0.25) is 33.5 Å². The first kappa shape index (κ1) is 45.0. The lowest BCUT2D eigenvalue weighted by Gasteiger charge is -2.13. The molecule has 0 aliphatic carbocycles. The van der Waals surface area contributed by atoms with E-state index >= 15 is 0 Å². The number of hydrogen-bond acceptors (Lipinski definition) is 13. The van der Waals surface area contributed by atoms with Gasteiger partial charge in [0.2, 0.25) is 11.8 Å². The van der Waals surface area contributed by atoms with Crippen molar-refractivity contribution in [3.8, 4) is 10.0 Å². The molecule has 2 aliphatic heterocycles. The summed E-state index contributed by atoms with van der Waals surface area (Å²) in [4.78, 5) is 52.0. The van der Waals surface area contributed by atoms with Gasteiger partial charge in [-0.25, -0.2) is 0 Å². The van der Waals surface area contributed by atoms with Crippen LogP contribution in [0.2, 0.25) is 10.0 Å². The molecule has 4 aromatic heterocycles. The van der Waals surface area contributed by atoms with Crippen LogP contribution in [0, 0.1) is 34.6 Å². The molecule has 6 aromatic rings. The van der Waals surface area contributed by atoms with Gasteiger partial charge in [-0.1, -0.05) is 47.5 Å². The number of aliphatic hydroxyl groups is 1. The molecule has 0 saturated carbocycles. The second-order valence-corrected chi connectivity index (χ2v) is 18.4. The fraction of sp³-hybridized carbons (Fsp3) is 0.341. The van der Waals surface area contributed by atoms with E-state index < -0.39 is 12.1 Å². The molecule has 8 rings (SSSR count). The predicted octanol–water partition coefficient (Wildman–Crippen LogP) is 6.06. The lowest BCUT2D eigenvalue weighted by molar-refractivity contribution is -0.122. The Kier molecular flexibility index (Phi) is 13.5. The Hall–Kier alpha value is -5.63. The second-order valence-electron chi connectivity index (χ2n) is 15.3. The summed E-state index contributed by atoms with van der Waals surface area (Å²) in [6, 6.07) is 13.5. The van der Waals surface area contributed by atoms with Crippen molar-refractivity contribution in [2.24, 2.45) is 9.98 Å². The maximum absolute atomic E-state index is 13.8. The van der Waals surface area contributed by atoms with Gasteiger partial charge in [-0.2, -0.15) is 0 Å². The van der Waals surface area contributed by atoms with E-state index in [-0.39, 0.29) is 70.0 Å². The Labute approximate surface area is 386 Å². The lowest BCUT2D eigenvalue weighted by Crippen LogP contribution is -2.31. The zero-order valence-electron chi connectivity index (χ0n) is 35.7. The summed E-state index contributed by atoms with van der Waals surface area (Å²) in [5.41, 5.74) is 6.52. The molecule has 4 N–H and O–H groups in total. The van der Waals surface area contributed by atoms with E-state index in [0.717, 1.165) is 43.4 Å². The molecule has 0 spiro atoms. The number of thiophene rings is 2. The average Bonchev–Trinajstić information content (AvgIpc) is 3.98. The summed E-state index contributed by atoms with van der Waals surface area (Å²) in [5.74, 6) is 1.53. The molecule has 0 fully saturated rings. The molecule has 332 valence electrons. The number of carbonyl (C=O) groups excluding carboxylic acids is 3. The number of ether oxygens (including phenoxy) is 1. The van der Waals surface area contributed by atoms with E-state index in [9.17, 15) is 19.5 Å². The highest BCUT2D eigenvalue weighted by atomic mass is 35.5. The Morgan fingerprint density at radius 1 is 0.656 bits per heavy atom. The van der Waals surface area contributed by atoms with E-state index in [4.69, 9.17) is 37.9 Å². The fourth-order valence-corrected chi connectivity index (χ4v) is 10.5. The van der Waals surface area contributed by atoms with E-state index in [2.05, 4.69) is 50.2 Å². The minimum atomic E-state index is -0.698. The Bertz CT molecular complexity index is 2810. The topological polar surface area (TPSA) is 203 Å². The van der Waals surface area contributed by atoms with E-state index in [1.54, 1.807) is 23.5 Å². The van der Waals surface area contributed by atoms with Gasteiger partial charge in [-0.05, 0) is 70.0 Å². The molecule has 16 nitrogen and oxygen atoms in total. The van der Waals surface area contributed by atoms with Crippen molar-refractivity contribution in [3.05, 3.63) is 125 Å². The van der Waals surface area contributed by atoms with Gasteiger partial charge in [0.05, 0.1) is 49.0 Å². The molecule has 2 aromatic carbocycles. The number of aryl methyl sites for hydroxylation is 3. The zero-order valence-corrected chi connectivity index (χ0v) is 38.8. The largest absolute Gasteiger partial charge is 0.395 e. The minimum Gasteiger partial charge on any atom is -0.395 e. The van der Waals surface area contributed by atoms with Crippen LogP contribution in [0.3, 0.4) is 0 Å². The minimum absolute atomic E-state index is 0.0268. The monoisotopic (exact) mass is 941 g/mol. The third-order valence-electron chi connectivity index (χ3n) is 11.0. The molecule has 2 unspecified atom stereocenters. The lowest BCUT2D eigenvalue weighted by atomic mass is 9.99. The van der Waals surface area contributed by atoms with Crippen molar-refractivity contribution in [2.75, 3.05) is 39.5 Å². The van der Waals surface area contributed by atoms with Crippen LogP contribution in [-0.4, -0.2) is 103 Å². The highest BCUT2D eigenvalue weighted by Crippen LogP contribution is 2.41. The number of carbonyl (C=O) groups is 3. The van der Waals surface area contributed by atoms with Gasteiger partial charge in [0.1, 0.15) is 33.7 Å². The first-order valence-electron chi connectivity index (χ1n) is 20.6. The maximum Gasteiger partial charge on any atom is 0.261 e. The standard InChI is InChI=1S/C44H45Cl2N11O5S2/c1-22-24(3)63-43-35(22)37(27-6-10-29(45)11-7-27)50-32(40-54-52-25(4)56(40)43)21-34(60)48-15-18-62-19-16-49-42(61)39-23(2)36-38(28-8-12-30(46)13-9-28)51-31(20-33(59)47-14-17-58)41-55-53-26(5)57(41)44(36)64-39/h6-13,31-32,58H,14-21H2,1-5H3,(H,47,59)(H,48,60)(H,49,61). The number of aliphatic hydroxyl groups excluding tert-OH is 1. The number of nitrogens with zero attached hydrogens (tertiary/aromatic N) is 8. The number of hydrogen-bond donors (Lipinski definition) is 4. The summed E-state index contributed by atoms with van der Waals surface area (Å²) < 4.78 is 9.69. The number of aliphatic imine (C=N–C) groups is 2. The number of benzene rings is 2. The van der Waals surface area contributed by atoms with Gasteiger partial charge in [0, 0.05) is 56.8 Å². The highest BCUT2D eigenvalue weighted by molar-refractivity contribution is 7.17. The third-order valence-corrected chi connectivity index (χ3v) is 13.9. The van der Waals surface area contributed by atoms with Gasteiger partial charge < -0.3 is 25.8 Å². The number of rotatable bonds is 15. The van der Waals surface area contributed by atoms with Crippen molar-refractivity contribution < 1.29 is 24.2 Å². The molecule has 6 heterocycles. The number of fused-ring (bicyclic) bond motifs is 6. The van der Waals surface area contributed by atoms with Crippen LogP contribution >= 0.6 is 45.9 Å². The summed E-state index contributed by atoms with van der Waals surface area (Å²) in [5, 5.41) is 38.3. The van der Waals surface area contributed by atoms with Crippen molar-refractivity contribution in [1.29, 1.82) is 0 Å². The number of nitrogens with one attached hydrogen (secondary N) is 3. The van der Waals surface area contributed by atoms with Gasteiger partial charge in [-0.15, -0.1) is 43.1 Å². The summed E-state index contributed by atoms with van der Waals surface area (Å²) >= 11 is 15.4. The summed E-state index contributed by atoms with van der Waals surface area (Å²) in [7, 11) is 0. The Balaban J connectivity index is 0.911. The zero-order chi connectivity index (χ0) is 45.2. The SMILES string of the molecule is Cc1sc2c(c1C)C(c1ccc(Cl)cc1)=NC(CC(=O)NCCOCCNC(=O)c1sc3c(c1C)C(c1ccc(Cl)cc1)=NC(CC(=O)NCCO)c1nnc(C)n1-3)c1nnc(C)n1-2. The van der Waals surface area contributed by atoms with E-state index in [1.807, 2.05) is 66.3 Å². The van der Waals surface area contributed by atoms with E-state index in [1.165, 1.54) is 11.3 Å². The summed E-state index contributed by atoms with van der Waals surface area (Å²) in [6.07, 6.45) is 0.0184. The first-order chi connectivity index (χ1) is 30.8. The molecular formula is C44H45Cl2N11O5S2. The smallest absolute Gasteiger partial charge is 0.261 e. The molecular weight excluding hydrogens is 898 g/mol. The Morgan fingerprint density at radius 2 is 1.12 bits per heavy atom. The van der Waals surface area contributed by atoms with Crippen LogP contribution in [-0.2, 0) is 14.3 Å². The van der Waals surface area contributed by atoms with Gasteiger partial charge in [0.15, 0.2) is 11.6 Å². The fourth-order valence-electron chi connectivity index (χ4n) is 7.74. The van der Waals surface area contributed by atoms with Crippen LogP contribution < -0.4 is 16.0 Å². The summed E-state index contributed by atoms with van der Waals surface area (Å²) in [6.45, 7) is 10.6. The van der Waals surface area contributed by atoms with Gasteiger partial charge in [0.25, 0.3) is 5.91 Å².